The molecule has 1 unspecified atom stereocenters. The van der Waals surface area contributed by atoms with E-state index in [0.29, 0.717) is 28.4 Å². The Morgan fingerprint density at radius 2 is 2.14 bits per heavy atom. The summed E-state index contributed by atoms with van der Waals surface area (Å²) in [6.45, 7) is 5.20. The van der Waals surface area contributed by atoms with Crippen LogP contribution in [0.2, 0.25) is 0 Å². The predicted octanol–water partition coefficient (Wildman–Crippen LogP) is 1.64. The zero-order valence-electron chi connectivity index (χ0n) is 12.3. The molecular weight excluding hydrogens is 290 g/mol. The summed E-state index contributed by atoms with van der Waals surface area (Å²) in [5.41, 5.74) is 12.5. The van der Waals surface area contributed by atoms with Gasteiger partial charge in [0.05, 0.1) is 17.2 Å². The maximum absolute atomic E-state index is 12.2. The van der Waals surface area contributed by atoms with E-state index in [4.69, 9.17) is 16.2 Å². The molecule has 7 heteroatoms. The fourth-order valence-electron chi connectivity index (χ4n) is 2.39. The van der Waals surface area contributed by atoms with E-state index in [-0.39, 0.29) is 24.1 Å². The van der Waals surface area contributed by atoms with E-state index in [1.54, 1.807) is 13.8 Å². The Morgan fingerprint density at radius 1 is 1.43 bits per heavy atom. The van der Waals surface area contributed by atoms with E-state index in [9.17, 15) is 9.59 Å². The minimum atomic E-state index is -0.475. The Bertz CT molecular complexity index is 556. The van der Waals surface area contributed by atoms with Gasteiger partial charge in [-0.25, -0.2) is 4.79 Å². The third-order valence-corrected chi connectivity index (χ3v) is 4.80. The molecule has 1 aliphatic rings. The van der Waals surface area contributed by atoms with E-state index in [1.807, 2.05) is 4.90 Å². The maximum atomic E-state index is 12.2. The Labute approximate surface area is 128 Å². The number of nitrogen functional groups attached to an aromatic ring is 1. The van der Waals surface area contributed by atoms with Crippen molar-refractivity contribution in [3.05, 3.63) is 10.4 Å². The highest BCUT2D eigenvalue weighted by molar-refractivity contribution is 7.19. The summed E-state index contributed by atoms with van der Waals surface area (Å²) in [6, 6.07) is 0.0775. The summed E-state index contributed by atoms with van der Waals surface area (Å²) < 4.78 is 5.08. The number of esters is 1. The first-order chi connectivity index (χ1) is 9.99. The van der Waals surface area contributed by atoms with E-state index < -0.39 is 5.97 Å². The van der Waals surface area contributed by atoms with E-state index >= 15 is 0 Å². The summed E-state index contributed by atoms with van der Waals surface area (Å²) in [7, 11) is 0. The second kappa shape index (κ2) is 6.44. The Balaban J connectivity index is 2.46. The molecule has 1 aliphatic heterocycles. The summed E-state index contributed by atoms with van der Waals surface area (Å²) >= 11 is 1.27. The molecule has 2 rings (SSSR count). The monoisotopic (exact) mass is 311 g/mol. The highest BCUT2D eigenvalue weighted by Gasteiger charge is 2.31. The van der Waals surface area contributed by atoms with Gasteiger partial charge in [0, 0.05) is 25.6 Å². The summed E-state index contributed by atoms with van der Waals surface area (Å²) in [6.07, 6.45) is 1.21. The second-order valence-corrected chi connectivity index (χ2v) is 6.02. The van der Waals surface area contributed by atoms with Crippen LogP contribution in [0.5, 0.6) is 0 Å². The zero-order valence-corrected chi connectivity index (χ0v) is 13.2. The molecular formula is C14H21N3O3S. The number of ether oxygens (including phenoxy) is 1. The molecule has 1 saturated heterocycles. The Morgan fingerprint density at radius 3 is 2.67 bits per heavy atom. The van der Waals surface area contributed by atoms with Gasteiger partial charge in [-0.2, -0.15) is 0 Å². The maximum Gasteiger partial charge on any atom is 0.343 e. The second-order valence-electron chi connectivity index (χ2n) is 5.02. The van der Waals surface area contributed by atoms with Crippen LogP contribution in [0.1, 0.15) is 46.7 Å². The van der Waals surface area contributed by atoms with Crippen molar-refractivity contribution in [3.63, 3.8) is 0 Å². The normalized spacial score (nSPS) is 18.0. The Hall–Kier alpha value is -1.60. The van der Waals surface area contributed by atoms with Gasteiger partial charge in [-0.05, 0) is 13.3 Å². The lowest BCUT2D eigenvalue weighted by molar-refractivity contribution is 0.0529. The highest BCUT2D eigenvalue weighted by atomic mass is 32.1. The molecule has 1 aromatic rings. The number of hydrogen-bond acceptors (Lipinski definition) is 7. The minimum Gasteiger partial charge on any atom is -0.462 e. The average molecular weight is 311 g/mol. The lowest BCUT2D eigenvalue weighted by Gasteiger charge is -2.17. The molecule has 21 heavy (non-hydrogen) atoms. The van der Waals surface area contributed by atoms with Gasteiger partial charge in [0.2, 0.25) is 0 Å². The number of Topliss-reactive ketones (excluding diaryl/α,β-unsaturated/α-hetero) is 1. The molecule has 6 nitrogen and oxygen atoms in total. The first kappa shape index (κ1) is 15.8. The van der Waals surface area contributed by atoms with Crippen LogP contribution in [0.25, 0.3) is 0 Å². The molecule has 0 aliphatic carbocycles. The first-order valence-corrected chi connectivity index (χ1v) is 7.94. The molecule has 0 bridgehead atoms. The van der Waals surface area contributed by atoms with Crippen molar-refractivity contribution >= 4 is 33.8 Å². The Kier molecular flexibility index (Phi) is 4.84. The van der Waals surface area contributed by atoms with Crippen LogP contribution in [-0.4, -0.2) is 37.5 Å². The van der Waals surface area contributed by atoms with Gasteiger partial charge >= 0.3 is 5.97 Å². The lowest BCUT2D eigenvalue weighted by atomic mass is 10.1. The van der Waals surface area contributed by atoms with Crippen molar-refractivity contribution in [2.45, 2.75) is 32.7 Å². The fraction of sp³-hybridized carbons (Fsp3) is 0.571. The van der Waals surface area contributed by atoms with Gasteiger partial charge in [-0.1, -0.05) is 6.92 Å². The quantitative estimate of drug-likeness (QED) is 0.633. The van der Waals surface area contributed by atoms with Crippen LogP contribution < -0.4 is 16.4 Å². The molecule has 1 atom stereocenters. The third-order valence-electron chi connectivity index (χ3n) is 3.49. The van der Waals surface area contributed by atoms with Crippen LogP contribution in [0.4, 0.5) is 10.7 Å². The van der Waals surface area contributed by atoms with Crippen molar-refractivity contribution in [3.8, 4) is 0 Å². The molecule has 116 valence electrons. The number of anilines is 2. The molecule has 1 fully saturated rings. The SMILES string of the molecule is CCOC(=O)c1c(N2CCC(N)C2)sc(C(=O)CC)c1N. The van der Waals surface area contributed by atoms with Crippen LogP contribution in [0, 0.1) is 0 Å². The topological polar surface area (TPSA) is 98.6 Å². The highest BCUT2D eigenvalue weighted by Crippen LogP contribution is 2.40. The van der Waals surface area contributed by atoms with Crippen molar-refractivity contribution in [2.24, 2.45) is 5.73 Å². The van der Waals surface area contributed by atoms with Crippen LogP contribution in [0.3, 0.4) is 0 Å². The van der Waals surface area contributed by atoms with E-state index in [2.05, 4.69) is 0 Å². The van der Waals surface area contributed by atoms with E-state index in [0.717, 1.165) is 13.0 Å². The number of carbonyl (C=O) groups excluding carboxylic acids is 2. The first-order valence-electron chi connectivity index (χ1n) is 7.12. The van der Waals surface area contributed by atoms with Crippen LogP contribution >= 0.6 is 11.3 Å². The van der Waals surface area contributed by atoms with Gasteiger partial charge in [0.1, 0.15) is 10.6 Å². The molecule has 0 amide bonds. The summed E-state index contributed by atoms with van der Waals surface area (Å²) in [5, 5.41) is 0.704. The van der Waals surface area contributed by atoms with Crippen molar-refractivity contribution in [2.75, 3.05) is 30.3 Å². The standard InChI is InChI=1S/C14H21N3O3S/c1-3-9(18)12-11(16)10(14(19)20-4-2)13(21-12)17-6-5-8(15)7-17/h8H,3-7,15-16H2,1-2H3. The predicted molar refractivity (Wildman–Crippen MR) is 84.1 cm³/mol. The largest absolute Gasteiger partial charge is 0.462 e. The number of ketones is 1. The van der Waals surface area contributed by atoms with Gasteiger partial charge in [0.15, 0.2) is 5.78 Å². The van der Waals surface area contributed by atoms with Gasteiger partial charge in [0.25, 0.3) is 0 Å². The zero-order chi connectivity index (χ0) is 15.6. The lowest BCUT2D eigenvalue weighted by Crippen LogP contribution is -2.27. The van der Waals surface area contributed by atoms with Gasteiger partial charge in [-0.15, -0.1) is 11.3 Å². The van der Waals surface area contributed by atoms with Crippen molar-refractivity contribution < 1.29 is 14.3 Å². The van der Waals surface area contributed by atoms with Crippen LogP contribution in [0.15, 0.2) is 0 Å². The molecule has 0 spiro atoms. The number of hydrogen-bond donors (Lipinski definition) is 2. The number of carbonyl (C=O) groups is 2. The molecule has 4 N–H and O–H groups in total. The molecule has 2 heterocycles. The number of nitrogens with two attached hydrogens (primary N) is 2. The molecule has 0 radical (unpaired) electrons. The van der Waals surface area contributed by atoms with Crippen molar-refractivity contribution in [1.29, 1.82) is 0 Å². The third kappa shape index (κ3) is 3.03. The summed E-state index contributed by atoms with van der Waals surface area (Å²) in [4.78, 5) is 26.6. The molecule has 1 aromatic heterocycles. The molecule has 0 aromatic carbocycles. The minimum absolute atomic E-state index is 0.0576. The molecule has 0 saturated carbocycles. The van der Waals surface area contributed by atoms with Crippen LogP contribution in [-0.2, 0) is 4.74 Å². The van der Waals surface area contributed by atoms with Crippen molar-refractivity contribution in [1.82, 2.24) is 0 Å². The van der Waals surface area contributed by atoms with Gasteiger partial charge < -0.3 is 21.1 Å². The fourth-order valence-corrected chi connectivity index (χ4v) is 3.65. The number of nitrogens with zero attached hydrogens (tertiary/aromatic N) is 1. The van der Waals surface area contributed by atoms with E-state index in [1.165, 1.54) is 11.3 Å². The van der Waals surface area contributed by atoms with Gasteiger partial charge in [-0.3, -0.25) is 4.79 Å². The number of rotatable bonds is 5. The smallest absolute Gasteiger partial charge is 0.343 e. The summed E-state index contributed by atoms with van der Waals surface area (Å²) in [5.74, 6) is -0.533. The average Bonchev–Trinajstić information content (AvgIpc) is 3.02. The number of thiophene rings is 1.